The summed E-state index contributed by atoms with van der Waals surface area (Å²) >= 11 is 1.52. The number of nitrogens with one attached hydrogen (secondary N) is 3. The second kappa shape index (κ2) is 8.24. The number of anilines is 4. The summed E-state index contributed by atoms with van der Waals surface area (Å²) in [5.41, 5.74) is 4.88. The number of amides is 1. The van der Waals surface area contributed by atoms with Crippen molar-refractivity contribution < 1.29 is 4.79 Å². The molecule has 4 aromatic rings. The Kier molecular flexibility index (Phi) is 5.35. The Hall–Kier alpha value is -3.52. The fourth-order valence-corrected chi connectivity index (χ4v) is 3.60. The maximum absolute atomic E-state index is 12.5. The van der Waals surface area contributed by atoms with E-state index in [1.54, 1.807) is 11.6 Å². The van der Waals surface area contributed by atoms with Gasteiger partial charge in [-0.3, -0.25) is 4.79 Å². The highest BCUT2D eigenvalue weighted by atomic mass is 32.1. The molecular formula is C21H20N6OS. The molecule has 0 fully saturated rings. The Bertz CT molecular complexity index is 1160. The highest BCUT2D eigenvalue weighted by Crippen LogP contribution is 2.22. The molecule has 0 aliphatic rings. The van der Waals surface area contributed by atoms with Gasteiger partial charge in [-0.1, -0.05) is 0 Å². The van der Waals surface area contributed by atoms with Gasteiger partial charge in [-0.15, -0.1) is 11.3 Å². The van der Waals surface area contributed by atoms with Crippen LogP contribution in [-0.2, 0) is 0 Å². The number of rotatable bonds is 6. The van der Waals surface area contributed by atoms with Gasteiger partial charge in [-0.2, -0.15) is 0 Å². The van der Waals surface area contributed by atoms with Gasteiger partial charge >= 0.3 is 0 Å². The molecule has 0 radical (unpaired) electrons. The molecule has 146 valence electrons. The van der Waals surface area contributed by atoms with Crippen molar-refractivity contribution in [2.45, 2.75) is 13.8 Å². The minimum absolute atomic E-state index is 0.150. The fourth-order valence-electron chi connectivity index (χ4n) is 2.89. The lowest BCUT2D eigenvalue weighted by molar-refractivity contribution is 0.102. The van der Waals surface area contributed by atoms with Crippen LogP contribution in [0, 0.1) is 6.92 Å². The van der Waals surface area contributed by atoms with Crippen molar-refractivity contribution >= 4 is 50.5 Å². The maximum Gasteiger partial charge on any atom is 0.255 e. The van der Waals surface area contributed by atoms with Gasteiger partial charge in [0.1, 0.15) is 17.5 Å². The predicted octanol–water partition coefficient (Wildman–Crippen LogP) is 4.82. The second-order valence-corrected chi connectivity index (χ2v) is 7.29. The standard InChI is InChI=1S/C21H20N6OS/c1-3-22-19-11-20(25-13(2)24-19)26-15-5-7-16(8-6-15)27-21(28)14-4-9-17-18(10-14)29-12-23-17/h4-12H,3H2,1-2H3,(H,27,28)(H2,22,24,25,26). The molecule has 0 saturated carbocycles. The largest absolute Gasteiger partial charge is 0.370 e. The molecule has 2 aromatic heterocycles. The molecular weight excluding hydrogens is 384 g/mol. The van der Waals surface area contributed by atoms with Gasteiger partial charge in [-0.25, -0.2) is 15.0 Å². The molecule has 7 nitrogen and oxygen atoms in total. The third-order valence-corrected chi connectivity index (χ3v) is 5.00. The van der Waals surface area contributed by atoms with Crippen LogP contribution < -0.4 is 16.0 Å². The number of thiazole rings is 1. The molecule has 4 rings (SSSR count). The van der Waals surface area contributed by atoms with E-state index in [9.17, 15) is 4.79 Å². The van der Waals surface area contributed by atoms with Gasteiger partial charge in [-0.05, 0) is 56.3 Å². The molecule has 29 heavy (non-hydrogen) atoms. The number of hydrogen-bond acceptors (Lipinski definition) is 7. The first-order valence-electron chi connectivity index (χ1n) is 9.22. The Morgan fingerprint density at radius 3 is 2.55 bits per heavy atom. The summed E-state index contributed by atoms with van der Waals surface area (Å²) in [4.78, 5) is 25.5. The van der Waals surface area contributed by atoms with Crippen LogP contribution in [0.25, 0.3) is 10.2 Å². The minimum atomic E-state index is -0.150. The average Bonchev–Trinajstić information content (AvgIpc) is 3.17. The molecule has 2 aromatic carbocycles. The molecule has 2 heterocycles. The molecule has 0 saturated heterocycles. The van der Waals surface area contributed by atoms with Crippen LogP contribution in [0.4, 0.5) is 23.0 Å². The summed E-state index contributed by atoms with van der Waals surface area (Å²) in [5.74, 6) is 2.03. The van der Waals surface area contributed by atoms with E-state index < -0.39 is 0 Å². The van der Waals surface area contributed by atoms with Gasteiger partial charge in [0.15, 0.2) is 0 Å². The average molecular weight is 404 g/mol. The lowest BCUT2D eigenvalue weighted by Crippen LogP contribution is -2.11. The van der Waals surface area contributed by atoms with Crippen molar-refractivity contribution in [3.05, 3.63) is 65.4 Å². The first-order chi connectivity index (χ1) is 14.1. The van der Waals surface area contributed by atoms with E-state index in [-0.39, 0.29) is 5.91 Å². The second-order valence-electron chi connectivity index (χ2n) is 6.41. The Labute approximate surface area is 172 Å². The van der Waals surface area contributed by atoms with Gasteiger partial charge in [0, 0.05) is 29.5 Å². The Balaban J connectivity index is 1.44. The maximum atomic E-state index is 12.5. The summed E-state index contributed by atoms with van der Waals surface area (Å²) in [6.07, 6.45) is 0. The first-order valence-corrected chi connectivity index (χ1v) is 10.1. The molecule has 0 spiro atoms. The van der Waals surface area contributed by atoms with Crippen LogP contribution in [0.5, 0.6) is 0 Å². The van der Waals surface area contributed by atoms with E-state index in [1.165, 1.54) is 11.3 Å². The van der Waals surface area contributed by atoms with Crippen molar-refractivity contribution in [2.75, 3.05) is 22.5 Å². The molecule has 0 atom stereocenters. The summed E-state index contributed by atoms with van der Waals surface area (Å²) in [7, 11) is 0. The minimum Gasteiger partial charge on any atom is -0.370 e. The molecule has 0 unspecified atom stereocenters. The first kappa shape index (κ1) is 18.8. The summed E-state index contributed by atoms with van der Waals surface area (Å²) in [5, 5.41) is 9.37. The van der Waals surface area contributed by atoms with Crippen molar-refractivity contribution in [1.29, 1.82) is 0 Å². The van der Waals surface area contributed by atoms with Gasteiger partial charge in [0.2, 0.25) is 0 Å². The van der Waals surface area contributed by atoms with E-state index in [2.05, 4.69) is 30.9 Å². The zero-order valence-corrected chi connectivity index (χ0v) is 16.9. The molecule has 0 bridgehead atoms. The van der Waals surface area contributed by atoms with E-state index in [1.807, 2.05) is 56.3 Å². The molecule has 0 aliphatic carbocycles. The number of aryl methyl sites for hydroxylation is 1. The third kappa shape index (κ3) is 4.49. The van der Waals surface area contributed by atoms with Crippen LogP contribution in [0.3, 0.4) is 0 Å². The lowest BCUT2D eigenvalue weighted by Gasteiger charge is -2.10. The van der Waals surface area contributed by atoms with E-state index in [0.29, 0.717) is 17.2 Å². The highest BCUT2D eigenvalue weighted by molar-refractivity contribution is 7.16. The number of aromatic nitrogens is 3. The van der Waals surface area contributed by atoms with Crippen LogP contribution >= 0.6 is 11.3 Å². The van der Waals surface area contributed by atoms with Crippen LogP contribution in [0.2, 0.25) is 0 Å². The lowest BCUT2D eigenvalue weighted by atomic mass is 10.2. The number of carbonyl (C=O) groups is 1. The van der Waals surface area contributed by atoms with Crippen molar-refractivity contribution in [3.63, 3.8) is 0 Å². The molecule has 0 aliphatic heterocycles. The van der Waals surface area contributed by atoms with Crippen molar-refractivity contribution in [1.82, 2.24) is 15.0 Å². The van der Waals surface area contributed by atoms with Crippen LogP contribution in [-0.4, -0.2) is 27.4 Å². The number of carbonyl (C=O) groups excluding carboxylic acids is 1. The van der Waals surface area contributed by atoms with Crippen molar-refractivity contribution in [3.8, 4) is 0 Å². The van der Waals surface area contributed by atoms with Crippen LogP contribution in [0.1, 0.15) is 23.1 Å². The van der Waals surface area contributed by atoms with Crippen molar-refractivity contribution in [2.24, 2.45) is 0 Å². The SMILES string of the molecule is CCNc1cc(Nc2ccc(NC(=O)c3ccc4ncsc4c3)cc2)nc(C)n1. The number of hydrogen-bond donors (Lipinski definition) is 3. The molecule has 1 amide bonds. The zero-order chi connectivity index (χ0) is 20.2. The predicted molar refractivity (Wildman–Crippen MR) is 118 cm³/mol. The Morgan fingerprint density at radius 2 is 1.76 bits per heavy atom. The monoisotopic (exact) mass is 404 g/mol. The number of fused-ring (bicyclic) bond motifs is 1. The smallest absolute Gasteiger partial charge is 0.255 e. The Morgan fingerprint density at radius 1 is 1.00 bits per heavy atom. The van der Waals surface area contributed by atoms with Gasteiger partial charge < -0.3 is 16.0 Å². The quantitative estimate of drug-likeness (QED) is 0.427. The van der Waals surface area contributed by atoms with Gasteiger partial charge in [0.25, 0.3) is 5.91 Å². The highest BCUT2D eigenvalue weighted by Gasteiger charge is 2.08. The van der Waals surface area contributed by atoms with Gasteiger partial charge in [0.05, 0.1) is 15.7 Å². The molecule has 3 N–H and O–H groups in total. The third-order valence-electron chi connectivity index (χ3n) is 4.20. The van der Waals surface area contributed by atoms with E-state index in [4.69, 9.17) is 0 Å². The number of nitrogens with zero attached hydrogens (tertiary/aromatic N) is 3. The topological polar surface area (TPSA) is 91.8 Å². The van der Waals surface area contributed by atoms with Crippen LogP contribution in [0.15, 0.2) is 54.0 Å². The summed E-state index contributed by atoms with van der Waals surface area (Å²) < 4.78 is 0.995. The normalized spacial score (nSPS) is 10.7. The zero-order valence-electron chi connectivity index (χ0n) is 16.1. The number of benzene rings is 2. The van der Waals surface area contributed by atoms with E-state index >= 15 is 0 Å². The molecule has 8 heteroatoms. The fraction of sp³-hybridized carbons (Fsp3) is 0.143. The summed E-state index contributed by atoms with van der Waals surface area (Å²) in [6, 6.07) is 14.9. The van der Waals surface area contributed by atoms with E-state index in [0.717, 1.165) is 34.0 Å². The summed E-state index contributed by atoms with van der Waals surface area (Å²) in [6.45, 7) is 4.67.